The van der Waals surface area contributed by atoms with Gasteiger partial charge in [-0.2, -0.15) is 0 Å². The minimum Gasteiger partial charge on any atom is -0.465 e. The van der Waals surface area contributed by atoms with E-state index in [1.54, 1.807) is 18.2 Å². The van der Waals surface area contributed by atoms with E-state index in [1.165, 1.54) is 25.3 Å². The number of hydrogen-bond donors (Lipinski definition) is 2. The van der Waals surface area contributed by atoms with Crippen molar-refractivity contribution in [3.8, 4) is 0 Å². The summed E-state index contributed by atoms with van der Waals surface area (Å²) < 4.78 is 10.6. The van der Waals surface area contributed by atoms with Crippen LogP contribution in [0.2, 0.25) is 5.02 Å². The largest absolute Gasteiger partial charge is 0.465 e. The van der Waals surface area contributed by atoms with Gasteiger partial charge in [0.25, 0.3) is 0 Å². The van der Waals surface area contributed by atoms with Crippen LogP contribution >= 0.6 is 27.5 Å². The van der Waals surface area contributed by atoms with Gasteiger partial charge in [-0.1, -0.05) is 33.6 Å². The molecule has 0 aliphatic carbocycles. The zero-order valence-corrected chi connectivity index (χ0v) is 16.6. The molecule has 2 aromatic carbocycles. The van der Waals surface area contributed by atoms with Gasteiger partial charge in [0.05, 0.1) is 18.4 Å². The summed E-state index contributed by atoms with van der Waals surface area (Å²) in [4.78, 5) is 35.6. The third kappa shape index (κ3) is 6.67. The summed E-state index contributed by atoms with van der Waals surface area (Å²) in [7, 11) is 1.22. The van der Waals surface area contributed by atoms with Crippen LogP contribution < -0.4 is 10.6 Å². The fourth-order valence-electron chi connectivity index (χ4n) is 2.09. The van der Waals surface area contributed by atoms with Crippen molar-refractivity contribution in [1.29, 1.82) is 0 Å². The molecule has 2 aromatic rings. The normalized spacial score (nSPS) is 10.2. The van der Waals surface area contributed by atoms with Gasteiger partial charge >= 0.3 is 5.97 Å². The Morgan fingerprint density at radius 3 is 2.41 bits per heavy atom. The third-order valence-corrected chi connectivity index (χ3v) is 3.96. The molecule has 0 heterocycles. The quantitative estimate of drug-likeness (QED) is 0.624. The summed E-state index contributed by atoms with van der Waals surface area (Å²) in [6, 6.07) is 11.5. The number of amides is 2. The molecule has 0 radical (unpaired) electrons. The van der Waals surface area contributed by atoms with E-state index in [0.29, 0.717) is 10.7 Å². The van der Waals surface area contributed by atoms with Gasteiger partial charge in [0.2, 0.25) is 11.8 Å². The highest BCUT2D eigenvalue weighted by Crippen LogP contribution is 2.21. The number of hydrogen-bond acceptors (Lipinski definition) is 5. The summed E-state index contributed by atoms with van der Waals surface area (Å²) in [5, 5.41) is 5.49. The van der Waals surface area contributed by atoms with Gasteiger partial charge in [0, 0.05) is 15.2 Å². The number of halogens is 2. The maximum atomic E-state index is 12.0. The molecule has 2 N–H and O–H groups in total. The second kappa shape index (κ2) is 10.1. The first kappa shape index (κ1) is 20.9. The molecule has 0 unspecified atom stereocenters. The van der Waals surface area contributed by atoms with E-state index >= 15 is 0 Å². The van der Waals surface area contributed by atoms with Crippen LogP contribution in [0.15, 0.2) is 46.9 Å². The van der Waals surface area contributed by atoms with Gasteiger partial charge in [-0.15, -0.1) is 0 Å². The molecule has 142 valence electrons. The van der Waals surface area contributed by atoms with Crippen molar-refractivity contribution in [2.24, 2.45) is 0 Å². The van der Waals surface area contributed by atoms with Gasteiger partial charge in [-0.05, 0) is 36.4 Å². The maximum absolute atomic E-state index is 12.0. The molecule has 0 saturated carbocycles. The molecule has 0 bridgehead atoms. The lowest BCUT2D eigenvalue weighted by Gasteiger charge is -2.11. The van der Waals surface area contributed by atoms with Gasteiger partial charge < -0.3 is 20.1 Å². The summed E-state index contributed by atoms with van der Waals surface area (Å²) in [6.45, 7) is -0.667. The Morgan fingerprint density at radius 2 is 1.74 bits per heavy atom. The molecule has 0 fully saturated rings. The number of esters is 1. The van der Waals surface area contributed by atoms with E-state index in [9.17, 15) is 14.4 Å². The Labute approximate surface area is 169 Å². The van der Waals surface area contributed by atoms with Gasteiger partial charge in [-0.25, -0.2) is 4.79 Å². The van der Waals surface area contributed by atoms with Crippen LogP contribution in [0.5, 0.6) is 0 Å². The van der Waals surface area contributed by atoms with E-state index in [1.807, 2.05) is 6.07 Å². The highest BCUT2D eigenvalue weighted by molar-refractivity contribution is 9.10. The topological polar surface area (TPSA) is 93.7 Å². The van der Waals surface area contributed by atoms with Crippen LogP contribution in [0.25, 0.3) is 0 Å². The Bertz CT molecular complexity index is 859. The van der Waals surface area contributed by atoms with Crippen molar-refractivity contribution >= 4 is 56.7 Å². The van der Waals surface area contributed by atoms with Crippen LogP contribution in [-0.4, -0.2) is 38.1 Å². The minimum atomic E-state index is -0.637. The fraction of sp³-hybridized carbons (Fsp3) is 0.167. The van der Waals surface area contributed by atoms with Gasteiger partial charge in [-0.3, -0.25) is 9.59 Å². The Kier molecular flexibility index (Phi) is 7.78. The molecule has 2 rings (SSSR count). The van der Waals surface area contributed by atoms with Crippen LogP contribution in [0.4, 0.5) is 11.4 Å². The number of ether oxygens (including phenoxy) is 2. The summed E-state index contributed by atoms with van der Waals surface area (Å²) in [5.41, 5.74) is 0.954. The summed E-state index contributed by atoms with van der Waals surface area (Å²) >= 11 is 9.16. The Balaban J connectivity index is 1.84. The van der Waals surface area contributed by atoms with E-state index in [0.717, 1.165) is 4.47 Å². The number of carbonyl (C=O) groups is 3. The van der Waals surface area contributed by atoms with Crippen LogP contribution in [-0.2, 0) is 19.1 Å². The molecule has 27 heavy (non-hydrogen) atoms. The molecule has 0 aromatic heterocycles. The molecule has 7 nitrogen and oxygen atoms in total. The lowest BCUT2D eigenvalue weighted by Crippen LogP contribution is -2.24. The average Bonchev–Trinajstić information content (AvgIpc) is 2.62. The van der Waals surface area contributed by atoms with Crippen LogP contribution in [0.3, 0.4) is 0 Å². The highest BCUT2D eigenvalue weighted by Gasteiger charge is 2.15. The maximum Gasteiger partial charge on any atom is 0.340 e. The molecule has 9 heteroatoms. The van der Waals surface area contributed by atoms with Gasteiger partial charge in [0.15, 0.2) is 0 Å². The molecular formula is C18H16BrClN2O5. The molecular weight excluding hydrogens is 440 g/mol. The standard InChI is InChI=1S/C18H16BrClN2O5/c1-26-18(25)14-8-12(20)5-6-15(14)22-17(24)10-27-9-16(23)21-13-4-2-3-11(19)7-13/h2-8H,9-10H2,1H3,(H,21,23)(H,22,24). The van der Waals surface area contributed by atoms with Crippen LogP contribution in [0.1, 0.15) is 10.4 Å². The number of benzene rings is 2. The Morgan fingerprint density at radius 1 is 1.04 bits per heavy atom. The van der Waals surface area contributed by atoms with E-state index in [4.69, 9.17) is 16.3 Å². The number of anilines is 2. The van der Waals surface area contributed by atoms with Crippen molar-refractivity contribution in [2.75, 3.05) is 31.0 Å². The first-order valence-corrected chi connectivity index (χ1v) is 8.87. The van der Waals surface area contributed by atoms with E-state index in [-0.39, 0.29) is 24.5 Å². The monoisotopic (exact) mass is 454 g/mol. The lowest BCUT2D eigenvalue weighted by atomic mass is 10.2. The molecule has 0 atom stereocenters. The Hall–Kier alpha value is -2.42. The smallest absolute Gasteiger partial charge is 0.340 e. The number of carbonyl (C=O) groups excluding carboxylic acids is 3. The lowest BCUT2D eigenvalue weighted by molar-refractivity contribution is -0.125. The van der Waals surface area contributed by atoms with E-state index < -0.39 is 17.8 Å². The zero-order valence-electron chi connectivity index (χ0n) is 14.3. The summed E-state index contributed by atoms with van der Waals surface area (Å²) in [6.07, 6.45) is 0. The molecule has 0 aliphatic rings. The first-order valence-electron chi connectivity index (χ1n) is 7.70. The SMILES string of the molecule is COC(=O)c1cc(Cl)ccc1NC(=O)COCC(=O)Nc1cccc(Br)c1. The van der Waals surface area contributed by atoms with Crippen molar-refractivity contribution in [1.82, 2.24) is 0 Å². The second-order valence-corrected chi connectivity index (χ2v) is 6.63. The number of nitrogens with one attached hydrogen (secondary N) is 2. The minimum absolute atomic E-state index is 0.116. The van der Waals surface area contributed by atoms with E-state index in [2.05, 4.69) is 31.3 Å². The molecule has 0 spiro atoms. The van der Waals surface area contributed by atoms with Crippen molar-refractivity contribution in [3.63, 3.8) is 0 Å². The van der Waals surface area contributed by atoms with Crippen molar-refractivity contribution < 1.29 is 23.9 Å². The predicted molar refractivity (Wildman–Crippen MR) is 105 cm³/mol. The van der Waals surface area contributed by atoms with Gasteiger partial charge in [0.1, 0.15) is 13.2 Å². The van der Waals surface area contributed by atoms with Crippen LogP contribution in [0, 0.1) is 0 Å². The molecule has 0 aliphatic heterocycles. The number of rotatable bonds is 7. The fourth-order valence-corrected chi connectivity index (χ4v) is 2.66. The average molecular weight is 456 g/mol. The molecule has 0 saturated heterocycles. The van der Waals surface area contributed by atoms with Crippen molar-refractivity contribution in [3.05, 3.63) is 57.5 Å². The molecule has 2 amide bonds. The predicted octanol–water partition coefficient (Wildman–Crippen LogP) is 3.48. The third-order valence-electron chi connectivity index (χ3n) is 3.24. The zero-order chi connectivity index (χ0) is 19.8. The first-order chi connectivity index (χ1) is 12.9. The number of methoxy groups -OCH3 is 1. The summed E-state index contributed by atoms with van der Waals surface area (Å²) in [5.74, 6) is -1.57. The highest BCUT2D eigenvalue weighted by atomic mass is 79.9. The second-order valence-electron chi connectivity index (χ2n) is 5.28. The van der Waals surface area contributed by atoms with Crippen molar-refractivity contribution in [2.45, 2.75) is 0 Å².